The third kappa shape index (κ3) is 13.3. The van der Waals surface area contributed by atoms with Crippen LogP contribution < -0.4 is 0 Å². The molecular formula is C24H38O4. The lowest BCUT2D eigenvalue weighted by Gasteiger charge is -2.03. The summed E-state index contributed by atoms with van der Waals surface area (Å²) < 4.78 is 10.3. The van der Waals surface area contributed by atoms with Crippen molar-refractivity contribution in [1.29, 1.82) is 0 Å². The van der Waals surface area contributed by atoms with Crippen LogP contribution in [0.3, 0.4) is 0 Å². The topological polar surface area (TPSA) is 56.5 Å². The summed E-state index contributed by atoms with van der Waals surface area (Å²) in [7, 11) is 0. The Morgan fingerprint density at radius 1 is 0.893 bits per heavy atom. The highest BCUT2D eigenvalue weighted by atomic mass is 16.5. The fourth-order valence-corrected chi connectivity index (χ4v) is 3.10. The molecule has 1 rings (SSSR count). The van der Waals surface area contributed by atoms with Gasteiger partial charge in [0.15, 0.2) is 12.0 Å². The van der Waals surface area contributed by atoms with Gasteiger partial charge in [0.05, 0.1) is 0 Å². The molecule has 0 N–H and O–H groups in total. The Balaban J connectivity index is 1.84. The normalized spacial score (nSPS) is 11.2. The molecule has 0 aromatic carbocycles. The molecule has 0 aliphatic rings. The predicted molar refractivity (Wildman–Crippen MR) is 113 cm³/mol. The van der Waals surface area contributed by atoms with Gasteiger partial charge in [-0.25, -0.2) is 0 Å². The number of ether oxygens (including phenoxy) is 1. The van der Waals surface area contributed by atoms with Crippen LogP contribution in [0, 0.1) is 0 Å². The molecule has 0 bridgehead atoms. The van der Waals surface area contributed by atoms with Crippen molar-refractivity contribution in [3.8, 4) is 0 Å². The molecule has 0 saturated carbocycles. The van der Waals surface area contributed by atoms with Crippen LogP contribution in [0.25, 0.3) is 0 Å². The number of unbranched alkanes of at least 4 members (excludes halogenated alkanes) is 11. The van der Waals surface area contributed by atoms with Gasteiger partial charge in [-0.05, 0) is 44.2 Å². The van der Waals surface area contributed by atoms with Gasteiger partial charge in [0, 0.05) is 6.42 Å². The van der Waals surface area contributed by atoms with Crippen LogP contribution in [-0.4, -0.2) is 12.3 Å². The predicted octanol–water partition coefficient (Wildman–Crippen LogP) is 7.17. The number of aldehydes is 1. The molecule has 0 unspecified atom stereocenters. The Hall–Kier alpha value is -1.84. The Labute approximate surface area is 170 Å². The van der Waals surface area contributed by atoms with Gasteiger partial charge in [-0.1, -0.05) is 70.4 Å². The van der Waals surface area contributed by atoms with Crippen molar-refractivity contribution in [1.82, 2.24) is 0 Å². The van der Waals surface area contributed by atoms with Gasteiger partial charge in [-0.3, -0.25) is 9.59 Å². The highest BCUT2D eigenvalue weighted by Crippen LogP contribution is 2.11. The zero-order valence-electron chi connectivity index (χ0n) is 17.6. The number of hydrogen-bond acceptors (Lipinski definition) is 4. The summed E-state index contributed by atoms with van der Waals surface area (Å²) in [6.07, 6.45) is 21.9. The molecule has 1 aromatic rings. The monoisotopic (exact) mass is 390 g/mol. The maximum Gasteiger partial charge on any atom is 0.306 e. The van der Waals surface area contributed by atoms with E-state index in [0.29, 0.717) is 18.5 Å². The van der Waals surface area contributed by atoms with Crippen molar-refractivity contribution in [2.75, 3.05) is 0 Å². The lowest BCUT2D eigenvalue weighted by atomic mass is 10.1. The zero-order valence-corrected chi connectivity index (χ0v) is 17.6. The largest absolute Gasteiger partial charge is 0.457 e. The second-order valence-corrected chi connectivity index (χ2v) is 7.42. The van der Waals surface area contributed by atoms with E-state index in [2.05, 4.69) is 19.1 Å². The zero-order chi connectivity index (χ0) is 20.3. The SMILES string of the molecule is CCCCCCCC/C=C\CCCCCCCC(=O)OCc1ccc(C=O)o1. The van der Waals surface area contributed by atoms with Crippen molar-refractivity contribution >= 4 is 12.3 Å². The molecule has 0 amide bonds. The summed E-state index contributed by atoms with van der Waals surface area (Å²) in [5.74, 6) is 0.546. The molecule has 1 aromatic heterocycles. The Bertz CT molecular complexity index is 545. The Morgan fingerprint density at radius 3 is 2.11 bits per heavy atom. The van der Waals surface area contributed by atoms with E-state index >= 15 is 0 Å². The average Bonchev–Trinajstić information content (AvgIpc) is 3.17. The van der Waals surface area contributed by atoms with E-state index in [1.54, 1.807) is 12.1 Å². The van der Waals surface area contributed by atoms with E-state index in [-0.39, 0.29) is 18.3 Å². The van der Waals surface area contributed by atoms with Crippen LogP contribution in [0.5, 0.6) is 0 Å². The van der Waals surface area contributed by atoms with Gasteiger partial charge in [-0.2, -0.15) is 0 Å². The Morgan fingerprint density at radius 2 is 1.50 bits per heavy atom. The minimum absolute atomic E-state index is 0.0950. The number of rotatable bonds is 18. The maximum atomic E-state index is 11.7. The number of furan rings is 1. The van der Waals surface area contributed by atoms with Gasteiger partial charge in [0.2, 0.25) is 0 Å². The van der Waals surface area contributed by atoms with E-state index in [1.807, 2.05) is 0 Å². The second-order valence-electron chi connectivity index (χ2n) is 7.42. The lowest BCUT2D eigenvalue weighted by Crippen LogP contribution is -2.03. The highest BCUT2D eigenvalue weighted by molar-refractivity contribution is 5.70. The number of hydrogen-bond donors (Lipinski definition) is 0. The Kier molecular flexibility index (Phi) is 14.9. The minimum Gasteiger partial charge on any atom is -0.457 e. The number of carbonyl (C=O) groups excluding carboxylic acids is 2. The maximum absolute atomic E-state index is 11.7. The first-order valence-electron chi connectivity index (χ1n) is 11.1. The first-order valence-corrected chi connectivity index (χ1v) is 11.1. The van der Waals surface area contributed by atoms with Crippen LogP contribution in [0.15, 0.2) is 28.7 Å². The smallest absolute Gasteiger partial charge is 0.306 e. The first kappa shape index (κ1) is 24.2. The summed E-state index contributed by atoms with van der Waals surface area (Å²) in [4.78, 5) is 22.2. The summed E-state index contributed by atoms with van der Waals surface area (Å²) in [6.45, 7) is 2.35. The average molecular weight is 391 g/mol. The quantitative estimate of drug-likeness (QED) is 0.115. The number of esters is 1. The van der Waals surface area contributed by atoms with Crippen molar-refractivity contribution < 1.29 is 18.7 Å². The molecule has 0 saturated heterocycles. The fraction of sp³-hybridized carbons (Fsp3) is 0.667. The summed E-state index contributed by atoms with van der Waals surface area (Å²) >= 11 is 0. The standard InChI is InChI=1S/C24H38O4/c1-2-3-4-5-6-7-8-9-10-11-12-13-14-15-16-17-24(26)27-21-23-19-18-22(20-25)28-23/h9-10,18-20H,2-8,11-17,21H2,1H3/b10-9-. The summed E-state index contributed by atoms with van der Waals surface area (Å²) in [6, 6.07) is 3.22. The van der Waals surface area contributed by atoms with E-state index < -0.39 is 0 Å². The van der Waals surface area contributed by atoms with Crippen molar-refractivity contribution in [3.63, 3.8) is 0 Å². The summed E-state index contributed by atoms with van der Waals surface area (Å²) in [5.41, 5.74) is 0. The first-order chi connectivity index (χ1) is 13.8. The third-order valence-electron chi connectivity index (χ3n) is 4.82. The van der Waals surface area contributed by atoms with E-state index in [4.69, 9.17) is 9.15 Å². The molecule has 4 nitrogen and oxygen atoms in total. The number of allylic oxidation sites excluding steroid dienone is 2. The van der Waals surface area contributed by atoms with Crippen molar-refractivity contribution in [3.05, 3.63) is 35.8 Å². The van der Waals surface area contributed by atoms with Crippen molar-refractivity contribution in [2.24, 2.45) is 0 Å². The van der Waals surface area contributed by atoms with Crippen LogP contribution in [-0.2, 0) is 16.1 Å². The number of carbonyl (C=O) groups is 2. The van der Waals surface area contributed by atoms with E-state index in [0.717, 1.165) is 12.8 Å². The molecule has 4 heteroatoms. The second kappa shape index (κ2) is 17.3. The molecule has 0 aliphatic carbocycles. The molecule has 1 heterocycles. The molecular weight excluding hydrogens is 352 g/mol. The molecule has 0 spiro atoms. The van der Waals surface area contributed by atoms with E-state index in [9.17, 15) is 9.59 Å². The van der Waals surface area contributed by atoms with Crippen LogP contribution in [0.4, 0.5) is 0 Å². The molecule has 0 atom stereocenters. The van der Waals surface area contributed by atoms with Gasteiger partial charge >= 0.3 is 5.97 Å². The molecule has 0 fully saturated rings. The fourth-order valence-electron chi connectivity index (χ4n) is 3.10. The van der Waals surface area contributed by atoms with Crippen LogP contribution >= 0.6 is 0 Å². The van der Waals surface area contributed by atoms with Crippen LogP contribution in [0.2, 0.25) is 0 Å². The third-order valence-corrected chi connectivity index (χ3v) is 4.82. The summed E-state index contributed by atoms with van der Waals surface area (Å²) in [5, 5.41) is 0. The van der Waals surface area contributed by atoms with Gasteiger partial charge in [0.25, 0.3) is 0 Å². The molecule has 0 aliphatic heterocycles. The molecule has 158 valence electrons. The molecule has 28 heavy (non-hydrogen) atoms. The molecule has 0 radical (unpaired) electrons. The lowest BCUT2D eigenvalue weighted by molar-refractivity contribution is -0.145. The minimum atomic E-state index is -0.207. The van der Waals surface area contributed by atoms with E-state index in [1.165, 1.54) is 70.6 Å². The van der Waals surface area contributed by atoms with Crippen LogP contribution in [0.1, 0.15) is 113 Å². The highest BCUT2D eigenvalue weighted by Gasteiger charge is 2.06. The van der Waals surface area contributed by atoms with Gasteiger partial charge in [0.1, 0.15) is 12.4 Å². The van der Waals surface area contributed by atoms with Crippen molar-refractivity contribution in [2.45, 2.75) is 103 Å². The van der Waals surface area contributed by atoms with Gasteiger partial charge in [-0.15, -0.1) is 0 Å². The van der Waals surface area contributed by atoms with Gasteiger partial charge < -0.3 is 9.15 Å².